The van der Waals surface area contributed by atoms with E-state index in [9.17, 15) is 4.79 Å². The second-order valence-electron chi connectivity index (χ2n) is 6.98. The molecule has 0 aliphatic carbocycles. The molecule has 1 unspecified atom stereocenters. The summed E-state index contributed by atoms with van der Waals surface area (Å²) in [5, 5.41) is 12.6. The number of nitrogens with zero attached hydrogens (tertiary/aromatic N) is 3. The maximum atomic E-state index is 12.5. The number of carbonyl (C=O) groups is 1. The van der Waals surface area contributed by atoms with Gasteiger partial charge in [-0.2, -0.15) is 0 Å². The molecule has 1 aliphatic heterocycles. The van der Waals surface area contributed by atoms with Gasteiger partial charge in [0.15, 0.2) is 4.34 Å². The van der Waals surface area contributed by atoms with Crippen molar-refractivity contribution in [2.45, 2.75) is 49.9 Å². The van der Waals surface area contributed by atoms with Crippen LogP contribution in [0.3, 0.4) is 0 Å². The first-order valence-electron chi connectivity index (χ1n) is 9.08. The normalized spacial score (nSPS) is 17.5. The summed E-state index contributed by atoms with van der Waals surface area (Å²) in [6.07, 6.45) is 2.13. The standard InChI is InChI=1S/C19H26N4OS2/c1-13(2)15-6-8-16(9-7-15)20-17-5-4-10-23(11-17)18(24)12-25-19-22-21-14(3)26-19/h6-9,13,17,20H,4-5,10-12H2,1-3H3. The Morgan fingerprint density at radius 1 is 1.35 bits per heavy atom. The number of hydrogen-bond acceptors (Lipinski definition) is 6. The predicted molar refractivity (Wildman–Crippen MR) is 109 cm³/mol. The molecule has 1 aromatic heterocycles. The average Bonchev–Trinajstić information content (AvgIpc) is 3.06. The summed E-state index contributed by atoms with van der Waals surface area (Å²) in [7, 11) is 0. The van der Waals surface area contributed by atoms with E-state index in [-0.39, 0.29) is 5.91 Å². The number of benzene rings is 1. The fourth-order valence-electron chi connectivity index (χ4n) is 3.07. The molecule has 1 atom stereocenters. The number of amides is 1. The van der Waals surface area contributed by atoms with Crippen LogP contribution in [0, 0.1) is 6.92 Å². The van der Waals surface area contributed by atoms with E-state index >= 15 is 0 Å². The first kappa shape index (κ1) is 19.2. The fraction of sp³-hybridized carbons (Fsp3) is 0.526. The predicted octanol–water partition coefficient (Wildman–Crippen LogP) is 4.17. The van der Waals surface area contributed by atoms with Crippen molar-refractivity contribution in [2.24, 2.45) is 0 Å². The van der Waals surface area contributed by atoms with Crippen molar-refractivity contribution in [1.82, 2.24) is 15.1 Å². The number of anilines is 1. The highest BCUT2D eigenvalue weighted by molar-refractivity contribution is 8.01. The zero-order valence-corrected chi connectivity index (χ0v) is 17.2. The molecule has 26 heavy (non-hydrogen) atoms. The maximum Gasteiger partial charge on any atom is 0.233 e. The second-order valence-corrected chi connectivity index (χ2v) is 9.38. The van der Waals surface area contributed by atoms with Crippen molar-refractivity contribution in [3.63, 3.8) is 0 Å². The molecule has 2 heterocycles. The number of nitrogens with one attached hydrogen (secondary N) is 1. The van der Waals surface area contributed by atoms with Gasteiger partial charge in [-0.3, -0.25) is 4.79 Å². The van der Waals surface area contributed by atoms with Crippen LogP contribution in [0.25, 0.3) is 0 Å². The largest absolute Gasteiger partial charge is 0.381 e. The molecule has 3 rings (SSSR count). The SMILES string of the molecule is Cc1nnc(SCC(=O)N2CCCC(Nc3ccc(C(C)C)cc3)C2)s1. The summed E-state index contributed by atoms with van der Waals surface area (Å²) in [5.74, 6) is 1.16. The molecule has 140 valence electrons. The van der Waals surface area contributed by atoms with Crippen LogP contribution in [0.5, 0.6) is 0 Å². The Bertz CT molecular complexity index is 729. The number of thioether (sulfide) groups is 1. The van der Waals surface area contributed by atoms with Gasteiger partial charge in [-0.1, -0.05) is 49.1 Å². The topological polar surface area (TPSA) is 58.1 Å². The third kappa shape index (κ3) is 5.20. The lowest BCUT2D eigenvalue weighted by atomic mass is 10.0. The molecule has 0 radical (unpaired) electrons. The summed E-state index contributed by atoms with van der Waals surface area (Å²) in [6, 6.07) is 8.96. The molecule has 1 aromatic carbocycles. The highest BCUT2D eigenvalue weighted by Gasteiger charge is 2.23. The highest BCUT2D eigenvalue weighted by Crippen LogP contribution is 2.24. The summed E-state index contributed by atoms with van der Waals surface area (Å²) in [4.78, 5) is 14.5. The lowest BCUT2D eigenvalue weighted by molar-refractivity contribution is -0.129. The minimum absolute atomic E-state index is 0.185. The van der Waals surface area contributed by atoms with Crippen molar-refractivity contribution in [3.8, 4) is 0 Å². The van der Waals surface area contributed by atoms with Crippen molar-refractivity contribution in [1.29, 1.82) is 0 Å². The number of likely N-dealkylation sites (tertiary alicyclic amines) is 1. The third-order valence-electron chi connectivity index (χ3n) is 4.55. The molecule has 1 aliphatic rings. The van der Waals surface area contributed by atoms with Gasteiger partial charge in [-0.05, 0) is 43.4 Å². The lowest BCUT2D eigenvalue weighted by Gasteiger charge is -2.33. The van der Waals surface area contributed by atoms with E-state index in [1.165, 1.54) is 28.7 Å². The van der Waals surface area contributed by atoms with Gasteiger partial charge in [-0.15, -0.1) is 10.2 Å². The second kappa shape index (κ2) is 8.86. The highest BCUT2D eigenvalue weighted by atomic mass is 32.2. The van der Waals surface area contributed by atoms with Crippen molar-refractivity contribution >= 4 is 34.7 Å². The van der Waals surface area contributed by atoms with Gasteiger partial charge in [0.25, 0.3) is 0 Å². The van der Waals surface area contributed by atoms with E-state index in [1.54, 1.807) is 0 Å². The molecule has 5 nitrogen and oxygen atoms in total. The van der Waals surface area contributed by atoms with Crippen molar-refractivity contribution in [3.05, 3.63) is 34.8 Å². The van der Waals surface area contributed by atoms with Gasteiger partial charge in [0.1, 0.15) is 5.01 Å². The zero-order chi connectivity index (χ0) is 18.5. The third-order valence-corrected chi connectivity index (χ3v) is 6.51. The monoisotopic (exact) mass is 390 g/mol. The van der Waals surface area contributed by atoms with Crippen molar-refractivity contribution in [2.75, 3.05) is 24.2 Å². The van der Waals surface area contributed by atoms with Crippen LogP contribution < -0.4 is 5.32 Å². The molecule has 2 aromatic rings. The Labute approximate surface area is 163 Å². The van der Waals surface area contributed by atoms with Gasteiger partial charge in [0.05, 0.1) is 5.75 Å². The summed E-state index contributed by atoms with van der Waals surface area (Å²) in [6.45, 7) is 7.94. The summed E-state index contributed by atoms with van der Waals surface area (Å²) in [5.41, 5.74) is 2.48. The molecule has 1 N–H and O–H groups in total. The van der Waals surface area contributed by atoms with E-state index in [0.717, 1.165) is 41.0 Å². The Balaban J connectivity index is 1.50. The molecule has 0 bridgehead atoms. The minimum atomic E-state index is 0.185. The summed E-state index contributed by atoms with van der Waals surface area (Å²) < 4.78 is 0.868. The molecule has 7 heteroatoms. The van der Waals surface area contributed by atoms with E-state index < -0.39 is 0 Å². The molecule has 1 saturated heterocycles. The van der Waals surface area contributed by atoms with Crippen LogP contribution in [0.2, 0.25) is 0 Å². The number of rotatable bonds is 6. The van der Waals surface area contributed by atoms with Crippen LogP contribution in [0.4, 0.5) is 5.69 Å². The lowest BCUT2D eigenvalue weighted by Crippen LogP contribution is -2.45. The molecule has 0 spiro atoms. The van der Waals surface area contributed by atoms with Gasteiger partial charge in [0, 0.05) is 24.8 Å². The van der Waals surface area contributed by atoms with Crippen LogP contribution in [0.15, 0.2) is 28.6 Å². The Hall–Kier alpha value is -1.60. The Morgan fingerprint density at radius 2 is 2.12 bits per heavy atom. The Kier molecular flexibility index (Phi) is 6.53. The first-order valence-corrected chi connectivity index (χ1v) is 10.9. The van der Waals surface area contributed by atoms with Crippen LogP contribution in [-0.2, 0) is 4.79 Å². The van der Waals surface area contributed by atoms with Gasteiger partial charge >= 0.3 is 0 Å². The maximum absolute atomic E-state index is 12.5. The van der Waals surface area contributed by atoms with E-state index in [4.69, 9.17) is 0 Å². The van der Waals surface area contributed by atoms with E-state index in [2.05, 4.69) is 53.6 Å². The number of hydrogen-bond donors (Lipinski definition) is 1. The smallest absolute Gasteiger partial charge is 0.233 e. The average molecular weight is 391 g/mol. The van der Waals surface area contributed by atoms with Crippen LogP contribution in [0.1, 0.15) is 43.2 Å². The van der Waals surface area contributed by atoms with Gasteiger partial charge in [0.2, 0.25) is 5.91 Å². The van der Waals surface area contributed by atoms with Gasteiger partial charge < -0.3 is 10.2 Å². The quantitative estimate of drug-likeness (QED) is 0.751. The number of carbonyl (C=O) groups excluding carboxylic acids is 1. The molecular formula is C19H26N4OS2. The van der Waals surface area contributed by atoms with E-state index in [1.807, 2.05) is 11.8 Å². The van der Waals surface area contributed by atoms with Crippen LogP contribution in [-0.4, -0.2) is 45.9 Å². The molecular weight excluding hydrogens is 364 g/mol. The number of piperidine rings is 1. The number of aromatic nitrogens is 2. The minimum Gasteiger partial charge on any atom is -0.381 e. The van der Waals surface area contributed by atoms with Crippen LogP contribution >= 0.6 is 23.1 Å². The Morgan fingerprint density at radius 3 is 2.77 bits per heavy atom. The molecule has 0 saturated carbocycles. The molecule has 1 amide bonds. The molecule has 1 fully saturated rings. The van der Waals surface area contributed by atoms with Crippen molar-refractivity contribution < 1.29 is 4.79 Å². The fourth-order valence-corrected chi connectivity index (χ4v) is 4.79. The zero-order valence-electron chi connectivity index (χ0n) is 15.6. The van der Waals surface area contributed by atoms with Gasteiger partial charge in [-0.25, -0.2) is 0 Å². The summed E-state index contributed by atoms with van der Waals surface area (Å²) >= 11 is 3.03. The first-order chi connectivity index (χ1) is 12.5. The van der Waals surface area contributed by atoms with E-state index in [0.29, 0.717) is 17.7 Å². The number of aryl methyl sites for hydroxylation is 1.